The van der Waals surface area contributed by atoms with Crippen molar-refractivity contribution in [1.82, 2.24) is 15.1 Å². The molecule has 8 nitrogen and oxygen atoms in total. The highest BCUT2D eigenvalue weighted by Crippen LogP contribution is 2.57. The Morgan fingerprint density at radius 3 is 2.14 bits per heavy atom. The molecule has 1 amide bonds. The number of pyridine rings is 1. The summed E-state index contributed by atoms with van der Waals surface area (Å²) in [5, 5.41) is 3.92. The maximum Gasteiger partial charge on any atom is 0.487 e. The predicted octanol–water partition coefficient (Wildman–Crippen LogP) is 8.44. The van der Waals surface area contributed by atoms with E-state index in [0.717, 1.165) is 26.2 Å². The predicted molar refractivity (Wildman–Crippen MR) is 150 cm³/mol. The molecule has 0 atom stereocenters. The molecule has 2 bridgehead atoms. The molecule has 0 N–H and O–H groups in total. The largest absolute Gasteiger partial charge is 0.487 e. The Morgan fingerprint density at radius 2 is 1.60 bits per heavy atom. The van der Waals surface area contributed by atoms with Gasteiger partial charge in [-0.15, -0.1) is 8.78 Å². The van der Waals surface area contributed by atoms with Crippen LogP contribution in [0.25, 0.3) is 11.1 Å². The fourth-order valence-electron chi connectivity index (χ4n) is 5.94. The molecule has 2 aromatic heterocycles. The van der Waals surface area contributed by atoms with Gasteiger partial charge in [-0.1, -0.05) is 17.3 Å². The normalized spacial score (nSPS) is 22.3. The van der Waals surface area contributed by atoms with Crippen molar-refractivity contribution in [2.45, 2.75) is 88.7 Å². The zero-order valence-electron chi connectivity index (χ0n) is 24.3. The summed E-state index contributed by atoms with van der Waals surface area (Å²) in [4.78, 5) is 23.7. The number of hydrogen-bond acceptors (Lipinski definition) is 7. The van der Waals surface area contributed by atoms with E-state index in [1.165, 1.54) is 12.1 Å². The van der Waals surface area contributed by atoms with Crippen LogP contribution in [-0.4, -0.2) is 38.9 Å². The molecule has 0 saturated heterocycles. The number of fused-ring (bicyclic) bond motifs is 3. The van der Waals surface area contributed by atoms with Crippen molar-refractivity contribution in [2.75, 3.05) is 11.4 Å². The van der Waals surface area contributed by atoms with Crippen LogP contribution >= 0.6 is 11.6 Å². The molecule has 6 rings (SSSR count). The van der Waals surface area contributed by atoms with Crippen LogP contribution < -0.4 is 9.64 Å². The quantitative estimate of drug-likeness (QED) is 0.183. The lowest BCUT2D eigenvalue weighted by Gasteiger charge is -2.53. The minimum absolute atomic E-state index is 0.0985. The van der Waals surface area contributed by atoms with Crippen molar-refractivity contribution in [1.29, 1.82) is 0 Å². The molecule has 0 spiro atoms. The van der Waals surface area contributed by atoms with Gasteiger partial charge in [0.15, 0.2) is 5.82 Å². The lowest BCUT2D eigenvalue weighted by atomic mass is 9.53. The molecule has 3 saturated carbocycles. The maximum atomic E-state index is 13.8. The Bertz CT molecular complexity index is 1440. The van der Waals surface area contributed by atoms with Gasteiger partial charge in [0.25, 0.3) is 5.89 Å². The average molecular weight is 625 g/mol. The Labute approximate surface area is 251 Å². The van der Waals surface area contributed by atoms with Gasteiger partial charge in [-0.2, -0.15) is 13.8 Å². The van der Waals surface area contributed by atoms with Crippen LogP contribution in [0.15, 0.2) is 47.1 Å². The second kappa shape index (κ2) is 10.9. The fourth-order valence-corrected chi connectivity index (χ4v) is 6.03. The summed E-state index contributed by atoms with van der Waals surface area (Å²) in [7, 11) is 0. The number of rotatable bonds is 8. The van der Waals surface area contributed by atoms with Gasteiger partial charge in [0.05, 0.1) is 0 Å². The highest BCUT2D eigenvalue weighted by molar-refractivity contribution is 6.20. The number of alkyl halides is 5. The number of anilines is 1. The molecule has 2 heterocycles. The molecule has 0 radical (unpaired) electrons. The van der Waals surface area contributed by atoms with Crippen molar-refractivity contribution >= 4 is 23.5 Å². The van der Waals surface area contributed by atoms with Gasteiger partial charge in [-0.3, -0.25) is 4.90 Å². The van der Waals surface area contributed by atoms with E-state index in [4.69, 9.17) is 20.9 Å². The standard InChI is InChI=1S/C30H33ClF4N4O4/c1-26(2,3)42-25(40)39(22-17-20(9-16-36-22)19-5-7-21(8-6-19)41-30(31,34)35)18-28-10-13-29(14-11-28,15-12-28)23-37-24(43-38-23)27(4,32)33/h5-9,16-17H,10-15,18H2,1-4H3. The third kappa shape index (κ3) is 7.05. The molecule has 3 fully saturated rings. The van der Waals surface area contributed by atoms with Gasteiger partial charge in [-0.05, 0) is 100 Å². The molecule has 43 heavy (non-hydrogen) atoms. The van der Waals surface area contributed by atoms with Crippen molar-refractivity contribution in [3.8, 4) is 16.9 Å². The van der Waals surface area contributed by atoms with Gasteiger partial charge < -0.3 is 14.0 Å². The molecule has 13 heteroatoms. The van der Waals surface area contributed by atoms with Crippen LogP contribution in [-0.2, 0) is 16.1 Å². The van der Waals surface area contributed by atoms with Gasteiger partial charge in [0.1, 0.15) is 17.2 Å². The lowest BCUT2D eigenvalue weighted by molar-refractivity contribution is -0.0964. The molecular formula is C30H33ClF4N4O4. The van der Waals surface area contributed by atoms with Crippen molar-refractivity contribution in [3.63, 3.8) is 0 Å². The molecule has 3 aliphatic rings. The van der Waals surface area contributed by atoms with Crippen LogP contribution in [0.1, 0.15) is 77.9 Å². The second-order valence-corrected chi connectivity index (χ2v) is 13.1. The number of halogens is 5. The number of aromatic nitrogens is 3. The van der Waals surface area contributed by atoms with Crippen LogP contribution in [0.4, 0.5) is 28.2 Å². The molecule has 1 aromatic carbocycles. The minimum atomic E-state index is -3.82. The second-order valence-electron chi connectivity index (χ2n) is 12.6. The number of carbonyl (C=O) groups is 1. The first-order chi connectivity index (χ1) is 20.0. The monoisotopic (exact) mass is 624 g/mol. The first-order valence-electron chi connectivity index (χ1n) is 14.0. The molecule has 0 aliphatic heterocycles. The Morgan fingerprint density at radius 1 is 0.977 bits per heavy atom. The van der Waals surface area contributed by atoms with E-state index in [-0.39, 0.29) is 11.2 Å². The van der Waals surface area contributed by atoms with Crippen molar-refractivity contribution < 1.29 is 36.4 Å². The average Bonchev–Trinajstić information content (AvgIpc) is 3.44. The number of amides is 1. The van der Waals surface area contributed by atoms with Crippen molar-refractivity contribution in [3.05, 3.63) is 54.3 Å². The highest BCUT2D eigenvalue weighted by Gasteiger charge is 2.53. The SMILES string of the molecule is CC(C)(C)OC(=O)N(CC12CCC(c3noc(C(C)(F)F)n3)(CC1)CC2)c1cc(-c2ccc(OC(F)(F)Cl)cc2)ccn1. The summed E-state index contributed by atoms with van der Waals surface area (Å²) in [5.74, 6) is -3.29. The third-order valence-electron chi connectivity index (χ3n) is 8.23. The number of ether oxygens (including phenoxy) is 2. The Hall–Kier alpha value is -3.41. The van der Waals surface area contributed by atoms with Gasteiger partial charge in [0, 0.05) is 36.7 Å². The zero-order valence-corrected chi connectivity index (χ0v) is 25.1. The summed E-state index contributed by atoms with van der Waals surface area (Å²) in [6, 6.07) is 9.45. The van der Waals surface area contributed by atoms with Gasteiger partial charge >= 0.3 is 17.6 Å². The van der Waals surface area contributed by atoms with Gasteiger partial charge in [0.2, 0.25) is 0 Å². The Balaban J connectivity index is 1.38. The molecule has 3 aromatic rings. The summed E-state index contributed by atoms with van der Waals surface area (Å²) in [6.45, 7) is 6.43. The smallest absolute Gasteiger partial charge is 0.443 e. The highest BCUT2D eigenvalue weighted by atomic mass is 35.5. The topological polar surface area (TPSA) is 90.6 Å². The van der Waals surface area contributed by atoms with Crippen molar-refractivity contribution in [2.24, 2.45) is 5.41 Å². The molecule has 3 aliphatic carbocycles. The first-order valence-corrected chi connectivity index (χ1v) is 14.4. The summed E-state index contributed by atoms with van der Waals surface area (Å²) in [6.07, 6.45) is 5.23. The zero-order chi connectivity index (χ0) is 31.3. The van der Waals surface area contributed by atoms with Crippen LogP contribution in [0, 0.1) is 5.41 Å². The third-order valence-corrected chi connectivity index (χ3v) is 8.31. The van der Waals surface area contributed by atoms with E-state index in [0.29, 0.717) is 48.6 Å². The van der Waals surface area contributed by atoms with E-state index in [1.54, 1.807) is 56.1 Å². The van der Waals surface area contributed by atoms with E-state index >= 15 is 0 Å². The molecular weight excluding hydrogens is 592 g/mol. The van der Waals surface area contributed by atoms with Crippen LogP contribution in [0.5, 0.6) is 5.75 Å². The van der Waals surface area contributed by atoms with E-state index < -0.39 is 34.5 Å². The summed E-state index contributed by atoms with van der Waals surface area (Å²) >= 11 is 4.87. The minimum Gasteiger partial charge on any atom is -0.443 e. The van der Waals surface area contributed by atoms with Crippen LogP contribution in [0.3, 0.4) is 0 Å². The number of benzene rings is 1. The summed E-state index contributed by atoms with van der Waals surface area (Å²) < 4.78 is 68.6. The van der Waals surface area contributed by atoms with Crippen LogP contribution in [0.2, 0.25) is 0 Å². The van der Waals surface area contributed by atoms with E-state index in [9.17, 15) is 22.4 Å². The first kappa shape index (κ1) is 31.0. The molecule has 232 valence electrons. The van der Waals surface area contributed by atoms with E-state index in [1.807, 2.05) is 0 Å². The molecule has 0 unspecified atom stereocenters. The Kier molecular flexibility index (Phi) is 7.90. The number of nitrogens with zero attached hydrogens (tertiary/aromatic N) is 4. The van der Waals surface area contributed by atoms with E-state index in [2.05, 4.69) is 19.9 Å². The number of hydrogen-bond donors (Lipinski definition) is 0. The lowest BCUT2D eigenvalue weighted by Crippen LogP contribution is -2.51. The van der Waals surface area contributed by atoms with Gasteiger partial charge in [-0.25, -0.2) is 9.78 Å². The summed E-state index contributed by atoms with van der Waals surface area (Å²) in [5.41, 5.74) is -3.87. The maximum absolute atomic E-state index is 13.8. The fraction of sp³-hybridized carbons (Fsp3) is 0.533. The number of carbonyl (C=O) groups excluding carboxylic acids is 1.